The van der Waals surface area contributed by atoms with E-state index in [0.717, 1.165) is 21.2 Å². The molecule has 0 spiro atoms. The van der Waals surface area contributed by atoms with Gasteiger partial charge in [0, 0.05) is 25.5 Å². The first-order valence-corrected chi connectivity index (χ1v) is 11.7. The minimum absolute atomic E-state index is 0.0312. The molecule has 0 aliphatic carbocycles. The van der Waals surface area contributed by atoms with Crippen LogP contribution >= 0.6 is 23.1 Å². The number of thiazole rings is 1. The molecule has 3 heterocycles. The number of aryl methyl sites for hydroxylation is 3. The maximum Gasteiger partial charge on any atom is 0.332 e. The van der Waals surface area contributed by atoms with Crippen LogP contribution in [0.4, 0.5) is 5.13 Å². The summed E-state index contributed by atoms with van der Waals surface area (Å²) >= 11 is 2.39. The Morgan fingerprint density at radius 1 is 1.16 bits per heavy atom. The molecule has 0 aliphatic rings. The van der Waals surface area contributed by atoms with Gasteiger partial charge in [-0.05, 0) is 20.8 Å². The fourth-order valence-corrected chi connectivity index (χ4v) is 4.93. The number of thioether (sulfide) groups is 1. The third-order valence-electron chi connectivity index (χ3n) is 4.71. The monoisotopic (exact) mass is 480 g/mol. The van der Waals surface area contributed by atoms with Crippen LogP contribution in [0.2, 0.25) is 0 Å². The number of rotatable bonds is 8. The molecular formula is C19H24N6O5S2. The molecule has 0 aliphatic heterocycles. The van der Waals surface area contributed by atoms with Crippen LogP contribution in [0.3, 0.4) is 0 Å². The van der Waals surface area contributed by atoms with Gasteiger partial charge in [-0.15, -0.1) is 11.3 Å². The molecule has 3 aromatic rings. The summed E-state index contributed by atoms with van der Waals surface area (Å²) in [5.74, 6) is -0.613. The predicted molar refractivity (Wildman–Crippen MR) is 122 cm³/mol. The molecule has 1 N–H and O–H groups in total. The van der Waals surface area contributed by atoms with E-state index < -0.39 is 11.2 Å². The minimum atomic E-state index is -0.463. The lowest BCUT2D eigenvalue weighted by molar-refractivity contribution is -0.142. The number of fused-ring (bicyclic) bond motifs is 1. The van der Waals surface area contributed by atoms with Crippen molar-refractivity contribution in [3.63, 3.8) is 0 Å². The van der Waals surface area contributed by atoms with Crippen LogP contribution in [0.1, 0.15) is 24.4 Å². The zero-order valence-corrected chi connectivity index (χ0v) is 20.1. The number of ether oxygens (including phenoxy) is 1. The van der Waals surface area contributed by atoms with Gasteiger partial charge < -0.3 is 14.6 Å². The number of hydrogen-bond donors (Lipinski definition) is 1. The summed E-state index contributed by atoms with van der Waals surface area (Å²) in [7, 11) is 2.97. The quantitative estimate of drug-likeness (QED) is 0.374. The molecule has 0 saturated carbocycles. The summed E-state index contributed by atoms with van der Waals surface area (Å²) in [6.07, 6.45) is 0.107. The SMILES string of the molecule is CCOC(=O)Cc1sc(NC(=O)CSc2nc3c(c(=O)n(C)c(=O)n3C)n2CC)nc1C. The van der Waals surface area contributed by atoms with E-state index in [-0.39, 0.29) is 29.7 Å². The highest BCUT2D eigenvalue weighted by Crippen LogP contribution is 2.25. The van der Waals surface area contributed by atoms with E-state index in [1.54, 1.807) is 25.5 Å². The number of nitrogens with one attached hydrogen (secondary N) is 1. The van der Waals surface area contributed by atoms with Crippen LogP contribution in [-0.4, -0.2) is 47.9 Å². The number of nitrogens with zero attached hydrogens (tertiary/aromatic N) is 5. The zero-order valence-electron chi connectivity index (χ0n) is 18.4. The smallest absolute Gasteiger partial charge is 0.332 e. The van der Waals surface area contributed by atoms with E-state index in [9.17, 15) is 19.2 Å². The summed E-state index contributed by atoms with van der Waals surface area (Å²) in [4.78, 5) is 58.4. The molecule has 0 fully saturated rings. The Bertz CT molecular complexity index is 1300. The lowest BCUT2D eigenvalue weighted by Gasteiger charge is -2.06. The molecule has 0 radical (unpaired) electrons. The van der Waals surface area contributed by atoms with Crippen molar-refractivity contribution in [1.82, 2.24) is 23.7 Å². The topological polar surface area (TPSA) is 130 Å². The van der Waals surface area contributed by atoms with Gasteiger partial charge in [-0.2, -0.15) is 0 Å². The third kappa shape index (κ3) is 4.63. The Kier molecular flexibility index (Phi) is 7.19. The van der Waals surface area contributed by atoms with Gasteiger partial charge in [-0.3, -0.25) is 23.5 Å². The lowest BCUT2D eigenvalue weighted by Crippen LogP contribution is -2.37. The molecule has 0 aromatic carbocycles. The number of esters is 1. The molecule has 3 rings (SSSR count). The van der Waals surface area contributed by atoms with Crippen molar-refractivity contribution in [2.24, 2.45) is 14.1 Å². The van der Waals surface area contributed by atoms with E-state index in [1.165, 1.54) is 23.0 Å². The van der Waals surface area contributed by atoms with Gasteiger partial charge in [0.2, 0.25) is 5.91 Å². The molecular weight excluding hydrogens is 456 g/mol. The molecule has 11 nitrogen and oxygen atoms in total. The summed E-state index contributed by atoms with van der Waals surface area (Å²) in [5.41, 5.74) is 0.369. The van der Waals surface area contributed by atoms with Gasteiger partial charge in [0.25, 0.3) is 5.56 Å². The minimum Gasteiger partial charge on any atom is -0.466 e. The van der Waals surface area contributed by atoms with Gasteiger partial charge in [0.05, 0.1) is 24.5 Å². The molecule has 0 atom stereocenters. The summed E-state index contributed by atoms with van der Waals surface area (Å²) in [5, 5.41) is 3.59. The molecule has 3 aromatic heterocycles. The second-order valence-corrected chi connectivity index (χ2v) is 8.89. The predicted octanol–water partition coefficient (Wildman–Crippen LogP) is 1.05. The van der Waals surface area contributed by atoms with Gasteiger partial charge in [0.15, 0.2) is 21.5 Å². The number of carbonyl (C=O) groups is 2. The molecule has 172 valence electrons. The van der Waals surface area contributed by atoms with Crippen molar-refractivity contribution in [2.45, 2.75) is 38.9 Å². The first-order valence-electron chi connectivity index (χ1n) is 9.88. The second kappa shape index (κ2) is 9.69. The average Bonchev–Trinajstić information content (AvgIpc) is 3.29. The first kappa shape index (κ1) is 23.7. The highest BCUT2D eigenvalue weighted by Gasteiger charge is 2.20. The highest BCUT2D eigenvalue weighted by atomic mass is 32.2. The maximum atomic E-state index is 12.6. The van der Waals surface area contributed by atoms with Crippen LogP contribution in [0.15, 0.2) is 14.7 Å². The number of imidazole rings is 1. The van der Waals surface area contributed by atoms with Crippen LogP contribution in [0, 0.1) is 6.92 Å². The van der Waals surface area contributed by atoms with Crippen molar-refractivity contribution in [3.05, 3.63) is 31.4 Å². The number of aromatic nitrogens is 5. The Morgan fingerprint density at radius 3 is 2.53 bits per heavy atom. The Labute approximate surface area is 191 Å². The number of carbonyl (C=O) groups excluding carboxylic acids is 2. The van der Waals surface area contributed by atoms with Gasteiger partial charge in [-0.1, -0.05) is 11.8 Å². The number of amides is 1. The Balaban J connectivity index is 1.75. The van der Waals surface area contributed by atoms with Crippen molar-refractivity contribution in [1.29, 1.82) is 0 Å². The Hall–Kier alpha value is -2.93. The normalized spacial score (nSPS) is 11.2. The fourth-order valence-electron chi connectivity index (χ4n) is 3.10. The van der Waals surface area contributed by atoms with Crippen LogP contribution in [-0.2, 0) is 41.4 Å². The van der Waals surface area contributed by atoms with Crippen molar-refractivity contribution in [3.8, 4) is 0 Å². The number of anilines is 1. The number of hydrogen-bond acceptors (Lipinski definition) is 9. The van der Waals surface area contributed by atoms with Crippen LogP contribution in [0.25, 0.3) is 11.2 Å². The fraction of sp³-hybridized carbons (Fsp3) is 0.474. The Morgan fingerprint density at radius 2 is 1.88 bits per heavy atom. The molecule has 32 heavy (non-hydrogen) atoms. The van der Waals surface area contributed by atoms with Crippen LogP contribution < -0.4 is 16.6 Å². The second-order valence-electron chi connectivity index (χ2n) is 6.86. The van der Waals surface area contributed by atoms with Crippen molar-refractivity contribution in [2.75, 3.05) is 17.7 Å². The molecule has 1 amide bonds. The maximum absolute atomic E-state index is 12.6. The van der Waals surface area contributed by atoms with Gasteiger partial charge in [-0.25, -0.2) is 14.8 Å². The summed E-state index contributed by atoms with van der Waals surface area (Å²) in [6.45, 7) is 6.13. The van der Waals surface area contributed by atoms with E-state index in [4.69, 9.17) is 4.74 Å². The lowest BCUT2D eigenvalue weighted by atomic mass is 10.3. The van der Waals surface area contributed by atoms with Crippen molar-refractivity contribution < 1.29 is 14.3 Å². The molecule has 0 unspecified atom stereocenters. The summed E-state index contributed by atoms with van der Waals surface area (Å²) < 4.78 is 9.00. The largest absolute Gasteiger partial charge is 0.466 e. The average molecular weight is 481 g/mol. The molecule has 0 bridgehead atoms. The van der Waals surface area contributed by atoms with Crippen LogP contribution in [0.5, 0.6) is 0 Å². The van der Waals surface area contributed by atoms with E-state index in [2.05, 4.69) is 15.3 Å². The highest BCUT2D eigenvalue weighted by molar-refractivity contribution is 7.99. The standard InChI is InChI=1S/C19H24N6O5S2/c1-6-25-14-15(23(4)19(29)24(5)16(14)28)22-18(25)31-9-12(26)21-17-20-10(3)11(32-17)8-13(27)30-7-2/h6-9H2,1-5H3,(H,20,21,26). The first-order chi connectivity index (χ1) is 15.2. The molecule has 0 saturated heterocycles. The van der Waals surface area contributed by atoms with E-state index in [1.807, 2.05) is 6.92 Å². The summed E-state index contributed by atoms with van der Waals surface area (Å²) in [6, 6.07) is 0. The third-order valence-corrected chi connectivity index (χ3v) is 6.76. The zero-order chi connectivity index (χ0) is 23.6. The van der Waals surface area contributed by atoms with E-state index in [0.29, 0.717) is 34.7 Å². The van der Waals surface area contributed by atoms with E-state index >= 15 is 0 Å². The van der Waals surface area contributed by atoms with Crippen molar-refractivity contribution >= 4 is 51.3 Å². The molecule has 13 heteroatoms. The van der Waals surface area contributed by atoms with Gasteiger partial charge >= 0.3 is 11.7 Å². The van der Waals surface area contributed by atoms with Gasteiger partial charge in [0.1, 0.15) is 0 Å².